The SMILES string of the molecule is COc1ccc(C2CCN(C(=O)c3cc(C)sn3)CC2)cn1. The predicted molar refractivity (Wildman–Crippen MR) is 85.5 cm³/mol. The molecule has 0 saturated carbocycles. The maximum Gasteiger partial charge on any atom is 0.273 e. The van der Waals surface area contributed by atoms with Gasteiger partial charge in [-0.15, -0.1) is 0 Å². The van der Waals surface area contributed by atoms with Gasteiger partial charge >= 0.3 is 0 Å². The lowest BCUT2D eigenvalue weighted by Gasteiger charge is -2.31. The molecular weight excluding hydrogens is 298 g/mol. The fourth-order valence-electron chi connectivity index (χ4n) is 2.80. The van der Waals surface area contributed by atoms with E-state index in [0.717, 1.165) is 30.8 Å². The third kappa shape index (κ3) is 3.11. The fourth-order valence-corrected chi connectivity index (χ4v) is 3.34. The lowest BCUT2D eigenvalue weighted by Crippen LogP contribution is -2.38. The molecule has 6 heteroatoms. The van der Waals surface area contributed by atoms with Crippen molar-refractivity contribution in [1.82, 2.24) is 14.3 Å². The van der Waals surface area contributed by atoms with Gasteiger partial charge in [-0.3, -0.25) is 4.79 Å². The zero-order chi connectivity index (χ0) is 15.5. The zero-order valence-corrected chi connectivity index (χ0v) is 13.6. The highest BCUT2D eigenvalue weighted by Crippen LogP contribution is 2.29. The summed E-state index contributed by atoms with van der Waals surface area (Å²) >= 11 is 1.38. The van der Waals surface area contributed by atoms with Gasteiger partial charge in [0.2, 0.25) is 5.88 Å². The molecule has 1 aliphatic rings. The number of methoxy groups -OCH3 is 1. The Balaban J connectivity index is 1.61. The minimum Gasteiger partial charge on any atom is -0.481 e. The van der Waals surface area contributed by atoms with Gasteiger partial charge in [0.15, 0.2) is 0 Å². The number of aromatic nitrogens is 2. The van der Waals surface area contributed by atoms with Crippen molar-refractivity contribution in [1.29, 1.82) is 0 Å². The molecule has 0 aliphatic carbocycles. The quantitative estimate of drug-likeness (QED) is 0.873. The first-order chi connectivity index (χ1) is 10.7. The maximum absolute atomic E-state index is 12.4. The molecule has 0 spiro atoms. The van der Waals surface area contributed by atoms with Gasteiger partial charge in [-0.05, 0) is 48.8 Å². The van der Waals surface area contributed by atoms with Crippen molar-refractivity contribution in [2.45, 2.75) is 25.7 Å². The van der Waals surface area contributed by atoms with Crippen LogP contribution in [-0.4, -0.2) is 40.4 Å². The van der Waals surface area contributed by atoms with Gasteiger partial charge in [0, 0.05) is 30.2 Å². The average Bonchev–Trinajstić information content (AvgIpc) is 3.01. The molecule has 22 heavy (non-hydrogen) atoms. The molecule has 0 N–H and O–H groups in total. The average molecular weight is 317 g/mol. The van der Waals surface area contributed by atoms with Gasteiger partial charge in [-0.1, -0.05) is 6.07 Å². The number of carbonyl (C=O) groups excluding carboxylic acids is 1. The van der Waals surface area contributed by atoms with Crippen molar-refractivity contribution >= 4 is 17.4 Å². The molecule has 116 valence electrons. The largest absolute Gasteiger partial charge is 0.481 e. The summed E-state index contributed by atoms with van der Waals surface area (Å²) in [6.07, 6.45) is 3.80. The van der Waals surface area contributed by atoms with Crippen LogP contribution in [0.15, 0.2) is 24.4 Å². The summed E-state index contributed by atoms with van der Waals surface area (Å²) in [6, 6.07) is 5.83. The second kappa shape index (κ2) is 6.44. The van der Waals surface area contributed by atoms with Crippen LogP contribution in [0.5, 0.6) is 5.88 Å². The molecule has 0 aromatic carbocycles. The Morgan fingerprint density at radius 2 is 2.14 bits per heavy atom. The zero-order valence-electron chi connectivity index (χ0n) is 12.8. The van der Waals surface area contributed by atoms with E-state index < -0.39 is 0 Å². The Kier molecular flexibility index (Phi) is 4.38. The second-order valence-corrected chi connectivity index (χ2v) is 6.53. The van der Waals surface area contributed by atoms with Crippen LogP contribution in [0, 0.1) is 6.92 Å². The van der Waals surface area contributed by atoms with Crippen LogP contribution in [0.4, 0.5) is 0 Å². The van der Waals surface area contributed by atoms with Gasteiger partial charge in [-0.25, -0.2) is 4.98 Å². The van der Waals surface area contributed by atoms with Crippen LogP contribution in [0.3, 0.4) is 0 Å². The number of hydrogen-bond donors (Lipinski definition) is 0. The van der Waals surface area contributed by atoms with Crippen LogP contribution < -0.4 is 4.74 Å². The summed E-state index contributed by atoms with van der Waals surface area (Å²) < 4.78 is 9.30. The molecule has 0 radical (unpaired) electrons. The van der Waals surface area contributed by atoms with Gasteiger partial charge in [0.05, 0.1) is 7.11 Å². The Bertz CT molecular complexity index is 646. The van der Waals surface area contributed by atoms with E-state index in [1.165, 1.54) is 17.1 Å². The molecule has 1 saturated heterocycles. The number of amides is 1. The minimum atomic E-state index is 0.0515. The Labute approximate surface area is 134 Å². The van der Waals surface area contributed by atoms with Gasteiger partial charge in [0.1, 0.15) is 5.69 Å². The van der Waals surface area contributed by atoms with Crippen molar-refractivity contribution in [3.8, 4) is 5.88 Å². The first-order valence-electron chi connectivity index (χ1n) is 7.40. The first-order valence-corrected chi connectivity index (χ1v) is 8.17. The normalized spacial score (nSPS) is 15.8. The monoisotopic (exact) mass is 317 g/mol. The molecule has 1 fully saturated rings. The van der Waals surface area contributed by atoms with E-state index in [4.69, 9.17) is 4.74 Å². The Morgan fingerprint density at radius 1 is 1.36 bits per heavy atom. The van der Waals surface area contributed by atoms with E-state index in [9.17, 15) is 4.79 Å². The van der Waals surface area contributed by atoms with Crippen molar-refractivity contribution in [3.05, 3.63) is 40.5 Å². The number of aryl methyl sites for hydroxylation is 1. The molecule has 0 unspecified atom stereocenters. The first kappa shape index (κ1) is 15.0. The smallest absolute Gasteiger partial charge is 0.273 e. The van der Waals surface area contributed by atoms with E-state index >= 15 is 0 Å². The minimum absolute atomic E-state index is 0.0515. The molecule has 3 rings (SSSR count). The topological polar surface area (TPSA) is 55.3 Å². The van der Waals surface area contributed by atoms with E-state index in [1.54, 1.807) is 7.11 Å². The molecular formula is C16H19N3O2S. The summed E-state index contributed by atoms with van der Waals surface area (Å²) in [5, 5.41) is 0. The summed E-state index contributed by atoms with van der Waals surface area (Å²) in [6.45, 7) is 3.51. The summed E-state index contributed by atoms with van der Waals surface area (Å²) in [4.78, 5) is 19.6. The van der Waals surface area contributed by atoms with Crippen LogP contribution in [0.25, 0.3) is 0 Å². The fraction of sp³-hybridized carbons (Fsp3) is 0.438. The van der Waals surface area contributed by atoms with Crippen LogP contribution in [0.2, 0.25) is 0 Å². The number of carbonyl (C=O) groups is 1. The highest BCUT2D eigenvalue weighted by molar-refractivity contribution is 7.05. The van der Waals surface area contributed by atoms with E-state index in [2.05, 4.69) is 15.4 Å². The summed E-state index contributed by atoms with van der Waals surface area (Å²) in [7, 11) is 1.62. The predicted octanol–water partition coefficient (Wildman–Crippen LogP) is 2.87. The van der Waals surface area contributed by atoms with E-state index in [-0.39, 0.29) is 5.91 Å². The lowest BCUT2D eigenvalue weighted by molar-refractivity contribution is 0.0708. The highest BCUT2D eigenvalue weighted by Gasteiger charge is 2.25. The molecule has 5 nitrogen and oxygen atoms in total. The van der Waals surface area contributed by atoms with E-state index in [0.29, 0.717) is 17.5 Å². The van der Waals surface area contributed by atoms with Crippen molar-refractivity contribution < 1.29 is 9.53 Å². The number of likely N-dealkylation sites (tertiary alicyclic amines) is 1. The number of rotatable bonds is 3. The van der Waals surface area contributed by atoms with Crippen molar-refractivity contribution in [2.24, 2.45) is 0 Å². The molecule has 0 atom stereocenters. The standard InChI is InChI=1S/C16H19N3O2S/c1-11-9-14(18-22-11)16(20)19-7-5-12(6-8-19)13-3-4-15(21-2)17-10-13/h3-4,9-10,12H,5-8H2,1-2H3. The Morgan fingerprint density at radius 3 is 2.68 bits per heavy atom. The second-order valence-electron chi connectivity index (χ2n) is 5.52. The Hall–Kier alpha value is -1.95. The molecule has 1 amide bonds. The third-order valence-electron chi connectivity index (χ3n) is 4.07. The number of hydrogen-bond acceptors (Lipinski definition) is 5. The van der Waals surface area contributed by atoms with Crippen molar-refractivity contribution in [2.75, 3.05) is 20.2 Å². The third-order valence-corrected chi connectivity index (χ3v) is 4.76. The molecule has 0 bridgehead atoms. The summed E-state index contributed by atoms with van der Waals surface area (Å²) in [5.74, 6) is 1.14. The number of nitrogens with zero attached hydrogens (tertiary/aromatic N) is 3. The van der Waals surface area contributed by atoms with Gasteiger partial charge in [-0.2, -0.15) is 4.37 Å². The number of piperidine rings is 1. The highest BCUT2D eigenvalue weighted by atomic mass is 32.1. The van der Waals surface area contributed by atoms with Crippen molar-refractivity contribution in [3.63, 3.8) is 0 Å². The van der Waals surface area contributed by atoms with Gasteiger partial charge in [0.25, 0.3) is 5.91 Å². The lowest BCUT2D eigenvalue weighted by atomic mass is 9.90. The maximum atomic E-state index is 12.4. The van der Waals surface area contributed by atoms with Crippen LogP contribution >= 0.6 is 11.5 Å². The van der Waals surface area contributed by atoms with Gasteiger partial charge < -0.3 is 9.64 Å². The number of ether oxygens (including phenoxy) is 1. The van der Waals surface area contributed by atoms with E-state index in [1.807, 2.05) is 30.2 Å². The molecule has 3 heterocycles. The molecule has 2 aromatic heterocycles. The number of pyridine rings is 1. The molecule has 2 aromatic rings. The van der Waals surface area contributed by atoms with Crippen LogP contribution in [-0.2, 0) is 0 Å². The summed E-state index contributed by atoms with van der Waals surface area (Å²) in [5.41, 5.74) is 1.80. The van der Waals surface area contributed by atoms with Crippen LogP contribution in [0.1, 0.15) is 39.7 Å². The molecule has 1 aliphatic heterocycles.